The molecule has 18 heavy (non-hydrogen) atoms. The van der Waals surface area contributed by atoms with Crippen molar-refractivity contribution in [2.75, 3.05) is 5.32 Å². The SMILES string of the molecule is Clc1ncc(Cl)c(Nc2ccc3ncsc3c2)n1. The Balaban J connectivity index is 1.97. The maximum atomic E-state index is 5.99. The van der Waals surface area contributed by atoms with Gasteiger partial charge in [0.1, 0.15) is 5.02 Å². The third kappa shape index (κ3) is 2.25. The van der Waals surface area contributed by atoms with Crippen molar-refractivity contribution in [3.63, 3.8) is 0 Å². The van der Waals surface area contributed by atoms with Crippen LogP contribution in [-0.2, 0) is 0 Å². The molecular weight excluding hydrogens is 291 g/mol. The standard InChI is InChI=1S/C11H6Cl2N4S/c12-7-4-14-11(13)17-10(7)16-6-1-2-8-9(3-6)18-5-15-8/h1-5H,(H,14,16,17). The molecule has 4 nitrogen and oxygen atoms in total. The maximum absolute atomic E-state index is 5.99. The van der Waals surface area contributed by atoms with Crippen molar-refractivity contribution in [2.45, 2.75) is 0 Å². The molecule has 1 aromatic carbocycles. The van der Waals surface area contributed by atoms with Crippen LogP contribution in [0.1, 0.15) is 0 Å². The minimum absolute atomic E-state index is 0.153. The maximum Gasteiger partial charge on any atom is 0.224 e. The monoisotopic (exact) mass is 296 g/mol. The van der Waals surface area contributed by atoms with Crippen molar-refractivity contribution in [2.24, 2.45) is 0 Å². The Morgan fingerprint density at radius 3 is 2.94 bits per heavy atom. The normalized spacial score (nSPS) is 10.8. The average Bonchev–Trinajstić information content (AvgIpc) is 2.81. The molecular formula is C11H6Cl2N4S. The van der Waals surface area contributed by atoms with Gasteiger partial charge in [-0.1, -0.05) is 11.6 Å². The van der Waals surface area contributed by atoms with Gasteiger partial charge in [0.2, 0.25) is 5.28 Å². The van der Waals surface area contributed by atoms with Crippen LogP contribution in [0.3, 0.4) is 0 Å². The van der Waals surface area contributed by atoms with Gasteiger partial charge in [-0.3, -0.25) is 0 Å². The second kappa shape index (κ2) is 4.68. The van der Waals surface area contributed by atoms with Crippen LogP contribution < -0.4 is 5.32 Å². The van der Waals surface area contributed by atoms with Crippen molar-refractivity contribution in [1.29, 1.82) is 0 Å². The van der Waals surface area contributed by atoms with Crippen LogP contribution in [-0.4, -0.2) is 15.0 Å². The van der Waals surface area contributed by atoms with Gasteiger partial charge in [-0.05, 0) is 29.8 Å². The molecule has 2 aromatic heterocycles. The number of nitrogens with one attached hydrogen (secondary N) is 1. The molecule has 0 aliphatic heterocycles. The van der Waals surface area contributed by atoms with Gasteiger partial charge >= 0.3 is 0 Å². The molecule has 0 aliphatic rings. The summed E-state index contributed by atoms with van der Waals surface area (Å²) in [5.74, 6) is 0.487. The first-order valence-electron chi connectivity index (χ1n) is 5.01. The molecule has 90 valence electrons. The van der Waals surface area contributed by atoms with Gasteiger partial charge in [-0.2, -0.15) is 4.98 Å². The summed E-state index contributed by atoms with van der Waals surface area (Å²) in [6.07, 6.45) is 1.46. The minimum Gasteiger partial charge on any atom is -0.339 e. The summed E-state index contributed by atoms with van der Waals surface area (Å²) < 4.78 is 1.09. The lowest BCUT2D eigenvalue weighted by Gasteiger charge is -2.06. The van der Waals surface area contributed by atoms with E-state index in [0.717, 1.165) is 15.9 Å². The zero-order valence-electron chi connectivity index (χ0n) is 8.89. The van der Waals surface area contributed by atoms with E-state index in [9.17, 15) is 0 Å². The molecule has 3 rings (SSSR count). The topological polar surface area (TPSA) is 50.7 Å². The van der Waals surface area contributed by atoms with Crippen molar-refractivity contribution in [3.8, 4) is 0 Å². The highest BCUT2D eigenvalue weighted by Crippen LogP contribution is 2.27. The molecule has 3 aromatic rings. The lowest BCUT2D eigenvalue weighted by molar-refractivity contribution is 1.17. The minimum atomic E-state index is 0.153. The molecule has 0 atom stereocenters. The number of benzene rings is 1. The second-order valence-electron chi connectivity index (χ2n) is 3.50. The van der Waals surface area contributed by atoms with E-state index in [1.165, 1.54) is 6.20 Å². The van der Waals surface area contributed by atoms with Crippen LogP contribution >= 0.6 is 34.5 Å². The zero-order chi connectivity index (χ0) is 12.5. The first kappa shape index (κ1) is 11.6. The zero-order valence-corrected chi connectivity index (χ0v) is 11.2. The number of nitrogens with zero attached hydrogens (tertiary/aromatic N) is 3. The van der Waals surface area contributed by atoms with Gasteiger partial charge in [0, 0.05) is 5.69 Å². The highest BCUT2D eigenvalue weighted by molar-refractivity contribution is 7.16. The van der Waals surface area contributed by atoms with E-state index in [1.54, 1.807) is 11.3 Å². The number of rotatable bonds is 2. The smallest absolute Gasteiger partial charge is 0.224 e. The number of halogens is 2. The molecule has 0 amide bonds. The summed E-state index contributed by atoms with van der Waals surface area (Å²) in [6.45, 7) is 0. The molecule has 2 heterocycles. The summed E-state index contributed by atoms with van der Waals surface area (Å²) in [6, 6.07) is 5.83. The molecule has 0 saturated heterocycles. The third-order valence-corrected chi connectivity index (χ3v) is 3.56. The fourth-order valence-corrected chi connectivity index (χ4v) is 2.49. The Hall–Kier alpha value is -1.43. The number of anilines is 2. The Morgan fingerprint density at radius 1 is 1.17 bits per heavy atom. The van der Waals surface area contributed by atoms with Gasteiger partial charge in [0.25, 0.3) is 0 Å². The van der Waals surface area contributed by atoms with E-state index in [2.05, 4.69) is 20.3 Å². The molecule has 0 aliphatic carbocycles. The predicted molar refractivity (Wildman–Crippen MR) is 75.0 cm³/mol. The number of hydrogen-bond donors (Lipinski definition) is 1. The summed E-state index contributed by atoms with van der Waals surface area (Å²) in [5.41, 5.74) is 3.66. The third-order valence-electron chi connectivity index (χ3n) is 2.31. The van der Waals surface area contributed by atoms with E-state index in [4.69, 9.17) is 23.2 Å². The first-order chi connectivity index (χ1) is 8.72. The summed E-state index contributed by atoms with van der Waals surface area (Å²) >= 11 is 13.3. The number of aromatic nitrogens is 3. The van der Waals surface area contributed by atoms with Gasteiger partial charge in [0.15, 0.2) is 5.82 Å². The molecule has 7 heteroatoms. The summed E-state index contributed by atoms with van der Waals surface area (Å²) in [4.78, 5) is 12.0. The Morgan fingerprint density at radius 2 is 2.06 bits per heavy atom. The van der Waals surface area contributed by atoms with Gasteiger partial charge in [-0.15, -0.1) is 11.3 Å². The molecule has 0 unspecified atom stereocenters. The van der Waals surface area contributed by atoms with Crippen LogP contribution in [0.25, 0.3) is 10.2 Å². The van der Waals surface area contributed by atoms with Crippen LogP contribution in [0.2, 0.25) is 10.3 Å². The van der Waals surface area contributed by atoms with Gasteiger partial charge in [0.05, 0.1) is 21.9 Å². The Labute approximate surface area is 117 Å². The van der Waals surface area contributed by atoms with Gasteiger partial charge in [-0.25, -0.2) is 9.97 Å². The number of thiazole rings is 1. The Kier molecular flexibility index (Phi) is 3.03. The van der Waals surface area contributed by atoms with E-state index in [-0.39, 0.29) is 5.28 Å². The Bertz CT molecular complexity index is 713. The van der Waals surface area contributed by atoms with E-state index >= 15 is 0 Å². The van der Waals surface area contributed by atoms with Crippen molar-refractivity contribution in [3.05, 3.63) is 40.2 Å². The quantitative estimate of drug-likeness (QED) is 0.722. The van der Waals surface area contributed by atoms with Crippen LogP contribution in [0.5, 0.6) is 0 Å². The molecule has 0 fully saturated rings. The summed E-state index contributed by atoms with van der Waals surface area (Å²) in [7, 11) is 0. The lowest BCUT2D eigenvalue weighted by Crippen LogP contribution is -1.95. The van der Waals surface area contributed by atoms with Gasteiger partial charge < -0.3 is 5.32 Å². The predicted octanol–water partition coefficient (Wildman–Crippen LogP) is 4.14. The fraction of sp³-hybridized carbons (Fsp3) is 0. The van der Waals surface area contributed by atoms with E-state index < -0.39 is 0 Å². The first-order valence-corrected chi connectivity index (χ1v) is 6.64. The number of fused-ring (bicyclic) bond motifs is 1. The number of hydrogen-bond acceptors (Lipinski definition) is 5. The van der Waals surface area contributed by atoms with Crippen molar-refractivity contribution in [1.82, 2.24) is 15.0 Å². The van der Waals surface area contributed by atoms with Crippen molar-refractivity contribution >= 4 is 56.3 Å². The second-order valence-corrected chi connectivity index (χ2v) is 5.13. The molecule has 1 N–H and O–H groups in total. The highest BCUT2D eigenvalue weighted by Gasteiger charge is 2.05. The molecule has 0 saturated carbocycles. The molecule has 0 spiro atoms. The average molecular weight is 297 g/mol. The van der Waals surface area contributed by atoms with Crippen LogP contribution in [0.4, 0.5) is 11.5 Å². The lowest BCUT2D eigenvalue weighted by atomic mass is 10.3. The van der Waals surface area contributed by atoms with Crippen molar-refractivity contribution < 1.29 is 0 Å². The highest BCUT2D eigenvalue weighted by atomic mass is 35.5. The largest absolute Gasteiger partial charge is 0.339 e. The van der Waals surface area contributed by atoms with E-state index in [1.807, 2.05) is 23.7 Å². The van der Waals surface area contributed by atoms with Crippen LogP contribution in [0.15, 0.2) is 29.9 Å². The van der Waals surface area contributed by atoms with Crippen LogP contribution in [0, 0.1) is 0 Å². The molecule has 0 radical (unpaired) electrons. The molecule has 0 bridgehead atoms. The fourth-order valence-electron chi connectivity index (χ4n) is 1.50. The van der Waals surface area contributed by atoms with E-state index in [0.29, 0.717) is 10.8 Å². The summed E-state index contributed by atoms with van der Waals surface area (Å²) in [5, 5.41) is 3.68.